The Balaban J connectivity index is 1.37. The van der Waals surface area contributed by atoms with Crippen LogP contribution in [-0.4, -0.2) is 10.9 Å². The molecule has 2 aromatic heterocycles. The first-order chi connectivity index (χ1) is 14.2. The number of rotatable bonds is 4. The van der Waals surface area contributed by atoms with Crippen LogP contribution < -0.4 is 5.32 Å². The average molecular weight is 382 g/mol. The number of nitrogens with one attached hydrogen (secondary N) is 1. The van der Waals surface area contributed by atoms with Gasteiger partial charge in [0.15, 0.2) is 0 Å². The van der Waals surface area contributed by atoms with E-state index in [0.29, 0.717) is 17.3 Å². The molecule has 0 aliphatic heterocycles. The second-order valence-electron chi connectivity index (χ2n) is 6.92. The highest BCUT2D eigenvalue weighted by atomic mass is 16.4. The number of oxazole rings is 1. The van der Waals surface area contributed by atoms with E-state index in [1.54, 1.807) is 0 Å². The Bertz CT molecular complexity index is 1330. The minimum atomic E-state index is -0.145. The van der Waals surface area contributed by atoms with Crippen molar-refractivity contribution < 1.29 is 13.6 Å². The SMILES string of the molecule is Cc1oc(-c2ccccc2)nc1CC(=O)Nc1ccc2oc3ccccc3c2c1. The fourth-order valence-corrected chi connectivity index (χ4v) is 3.46. The Morgan fingerprint density at radius 3 is 2.52 bits per heavy atom. The molecule has 3 aromatic carbocycles. The molecule has 0 bridgehead atoms. The number of carbonyl (C=O) groups is 1. The zero-order chi connectivity index (χ0) is 19.8. The molecule has 0 spiro atoms. The van der Waals surface area contributed by atoms with E-state index in [-0.39, 0.29) is 12.3 Å². The van der Waals surface area contributed by atoms with Crippen LogP contribution in [0, 0.1) is 6.92 Å². The first-order valence-electron chi connectivity index (χ1n) is 9.40. The normalized spacial score (nSPS) is 11.2. The van der Waals surface area contributed by atoms with Gasteiger partial charge in [0, 0.05) is 22.0 Å². The molecule has 1 N–H and O–H groups in total. The maximum absolute atomic E-state index is 12.6. The Kier molecular flexibility index (Phi) is 4.13. The molecule has 2 heterocycles. The van der Waals surface area contributed by atoms with Crippen LogP contribution in [0.5, 0.6) is 0 Å². The van der Waals surface area contributed by atoms with Crippen molar-refractivity contribution in [3.8, 4) is 11.5 Å². The number of furan rings is 1. The second-order valence-corrected chi connectivity index (χ2v) is 6.92. The van der Waals surface area contributed by atoms with Crippen LogP contribution >= 0.6 is 0 Å². The summed E-state index contributed by atoms with van der Waals surface area (Å²) in [5.74, 6) is 1.03. The predicted molar refractivity (Wildman–Crippen MR) is 113 cm³/mol. The molecule has 0 saturated carbocycles. The summed E-state index contributed by atoms with van der Waals surface area (Å²) in [4.78, 5) is 17.1. The summed E-state index contributed by atoms with van der Waals surface area (Å²) in [6.07, 6.45) is 0.145. The maximum Gasteiger partial charge on any atom is 0.230 e. The van der Waals surface area contributed by atoms with E-state index in [2.05, 4.69) is 10.3 Å². The summed E-state index contributed by atoms with van der Waals surface area (Å²) in [6.45, 7) is 1.83. The summed E-state index contributed by atoms with van der Waals surface area (Å²) in [6, 6.07) is 23.2. The van der Waals surface area contributed by atoms with Gasteiger partial charge in [-0.15, -0.1) is 0 Å². The number of anilines is 1. The number of fused-ring (bicyclic) bond motifs is 3. The number of carbonyl (C=O) groups excluding carboxylic acids is 1. The summed E-state index contributed by atoms with van der Waals surface area (Å²) in [5, 5.41) is 4.95. The standard InChI is InChI=1S/C24H18N2O3/c1-15-20(26-24(28-15)16-7-3-2-4-8-16)14-23(27)25-17-11-12-22-19(13-17)18-9-5-6-10-21(18)29-22/h2-13H,14H2,1H3,(H,25,27). The molecule has 0 saturated heterocycles. The van der Waals surface area contributed by atoms with Crippen molar-refractivity contribution in [2.75, 3.05) is 5.32 Å². The Hall–Kier alpha value is -3.86. The van der Waals surface area contributed by atoms with Gasteiger partial charge < -0.3 is 14.2 Å². The van der Waals surface area contributed by atoms with E-state index in [9.17, 15) is 4.79 Å². The number of hydrogen-bond acceptors (Lipinski definition) is 4. The summed E-state index contributed by atoms with van der Waals surface area (Å²) in [7, 11) is 0. The molecule has 0 radical (unpaired) electrons. The Labute approximate surface area is 167 Å². The highest BCUT2D eigenvalue weighted by molar-refractivity contribution is 6.07. The number of nitrogens with zero attached hydrogens (tertiary/aromatic N) is 1. The van der Waals surface area contributed by atoms with Crippen LogP contribution in [0.1, 0.15) is 11.5 Å². The molecule has 1 amide bonds. The molecule has 142 valence electrons. The van der Waals surface area contributed by atoms with Crippen molar-refractivity contribution in [2.45, 2.75) is 13.3 Å². The lowest BCUT2D eigenvalue weighted by molar-refractivity contribution is -0.115. The van der Waals surface area contributed by atoms with Crippen LogP contribution in [0.2, 0.25) is 0 Å². The molecule has 0 fully saturated rings. The molecule has 5 aromatic rings. The van der Waals surface area contributed by atoms with E-state index in [1.807, 2.05) is 79.7 Å². The van der Waals surface area contributed by atoms with Gasteiger partial charge in [-0.1, -0.05) is 36.4 Å². The zero-order valence-corrected chi connectivity index (χ0v) is 15.8. The van der Waals surface area contributed by atoms with Gasteiger partial charge in [-0.05, 0) is 43.3 Å². The number of benzene rings is 3. The van der Waals surface area contributed by atoms with E-state index in [1.165, 1.54) is 0 Å². The van der Waals surface area contributed by atoms with E-state index < -0.39 is 0 Å². The Morgan fingerprint density at radius 1 is 0.897 bits per heavy atom. The van der Waals surface area contributed by atoms with Crippen LogP contribution in [0.4, 0.5) is 5.69 Å². The zero-order valence-electron chi connectivity index (χ0n) is 15.8. The van der Waals surface area contributed by atoms with E-state index >= 15 is 0 Å². The van der Waals surface area contributed by atoms with Gasteiger partial charge in [0.2, 0.25) is 11.8 Å². The summed E-state index contributed by atoms with van der Waals surface area (Å²) in [5.41, 5.74) is 3.87. The largest absolute Gasteiger partial charge is 0.456 e. The molecule has 5 heteroatoms. The summed E-state index contributed by atoms with van der Waals surface area (Å²) >= 11 is 0. The smallest absolute Gasteiger partial charge is 0.230 e. The molecular formula is C24H18N2O3. The minimum absolute atomic E-state index is 0.145. The molecule has 0 aliphatic rings. The quantitative estimate of drug-likeness (QED) is 0.431. The third-order valence-electron chi connectivity index (χ3n) is 4.90. The number of hydrogen-bond donors (Lipinski definition) is 1. The molecule has 5 nitrogen and oxygen atoms in total. The number of para-hydroxylation sites is 1. The predicted octanol–water partition coefficient (Wildman–Crippen LogP) is 5.73. The van der Waals surface area contributed by atoms with Gasteiger partial charge in [-0.25, -0.2) is 4.98 Å². The Morgan fingerprint density at radius 2 is 1.66 bits per heavy atom. The number of aromatic nitrogens is 1. The van der Waals surface area contributed by atoms with Crippen LogP contribution in [0.15, 0.2) is 81.6 Å². The first-order valence-corrected chi connectivity index (χ1v) is 9.40. The fourth-order valence-electron chi connectivity index (χ4n) is 3.46. The van der Waals surface area contributed by atoms with Crippen molar-refractivity contribution in [2.24, 2.45) is 0 Å². The van der Waals surface area contributed by atoms with Gasteiger partial charge in [0.05, 0.1) is 12.1 Å². The number of aryl methyl sites for hydroxylation is 1. The third kappa shape index (κ3) is 3.27. The maximum atomic E-state index is 12.6. The second kappa shape index (κ2) is 6.95. The van der Waals surface area contributed by atoms with Crippen molar-refractivity contribution in [1.82, 2.24) is 4.98 Å². The highest BCUT2D eigenvalue weighted by Crippen LogP contribution is 2.30. The lowest BCUT2D eigenvalue weighted by atomic mass is 10.1. The highest BCUT2D eigenvalue weighted by Gasteiger charge is 2.15. The van der Waals surface area contributed by atoms with E-state index in [4.69, 9.17) is 8.83 Å². The van der Waals surface area contributed by atoms with Gasteiger partial charge >= 0.3 is 0 Å². The van der Waals surface area contributed by atoms with Gasteiger partial charge in [0.25, 0.3) is 0 Å². The van der Waals surface area contributed by atoms with Crippen molar-refractivity contribution in [3.63, 3.8) is 0 Å². The van der Waals surface area contributed by atoms with Gasteiger partial charge in [-0.3, -0.25) is 4.79 Å². The molecule has 0 unspecified atom stereocenters. The molecular weight excluding hydrogens is 364 g/mol. The first kappa shape index (κ1) is 17.3. The van der Waals surface area contributed by atoms with Gasteiger partial charge in [0.1, 0.15) is 16.9 Å². The minimum Gasteiger partial charge on any atom is -0.456 e. The monoisotopic (exact) mass is 382 g/mol. The van der Waals surface area contributed by atoms with Gasteiger partial charge in [-0.2, -0.15) is 0 Å². The van der Waals surface area contributed by atoms with Crippen LogP contribution in [0.25, 0.3) is 33.4 Å². The van der Waals surface area contributed by atoms with Crippen LogP contribution in [-0.2, 0) is 11.2 Å². The molecule has 29 heavy (non-hydrogen) atoms. The summed E-state index contributed by atoms with van der Waals surface area (Å²) < 4.78 is 11.6. The van der Waals surface area contributed by atoms with Crippen LogP contribution in [0.3, 0.4) is 0 Å². The van der Waals surface area contributed by atoms with Crippen molar-refractivity contribution in [3.05, 3.63) is 84.3 Å². The lowest BCUT2D eigenvalue weighted by Crippen LogP contribution is -2.15. The van der Waals surface area contributed by atoms with Crippen molar-refractivity contribution >= 4 is 33.5 Å². The topological polar surface area (TPSA) is 68.3 Å². The third-order valence-corrected chi connectivity index (χ3v) is 4.90. The average Bonchev–Trinajstić information content (AvgIpc) is 3.29. The fraction of sp³-hybridized carbons (Fsp3) is 0.0833. The van der Waals surface area contributed by atoms with Crippen molar-refractivity contribution in [1.29, 1.82) is 0 Å². The molecule has 5 rings (SSSR count). The molecule has 0 aliphatic carbocycles. The van der Waals surface area contributed by atoms with E-state index in [0.717, 1.165) is 33.2 Å². The molecule has 0 atom stereocenters. The lowest BCUT2D eigenvalue weighted by Gasteiger charge is -2.04. The number of amides is 1.